The summed E-state index contributed by atoms with van der Waals surface area (Å²) in [5, 5.41) is 23.5. The van der Waals surface area contributed by atoms with Gasteiger partial charge in [-0.2, -0.15) is 5.26 Å². The lowest BCUT2D eigenvalue weighted by atomic mass is 9.62. The summed E-state index contributed by atoms with van der Waals surface area (Å²) in [4.78, 5) is 30.1. The van der Waals surface area contributed by atoms with E-state index in [1.54, 1.807) is 18.0 Å². The highest BCUT2D eigenvalue weighted by atomic mass is 35.5. The summed E-state index contributed by atoms with van der Waals surface area (Å²) in [6.45, 7) is 6.87. The van der Waals surface area contributed by atoms with E-state index < -0.39 is 35.1 Å². The second kappa shape index (κ2) is 13.7. The van der Waals surface area contributed by atoms with Crippen molar-refractivity contribution in [1.29, 1.82) is 5.26 Å². The zero-order chi connectivity index (χ0) is 32.4. The molecule has 0 spiro atoms. The van der Waals surface area contributed by atoms with Gasteiger partial charge in [-0.1, -0.05) is 62.2 Å². The first kappa shape index (κ1) is 34.1. The molecule has 2 heterocycles. The summed E-state index contributed by atoms with van der Waals surface area (Å²) in [5.74, 6) is -2.90. The number of likely N-dealkylation sites (N-methyl/N-ethyl adjacent to an activating group) is 1. The second-order valence-electron chi connectivity index (χ2n) is 13.2. The third-order valence-corrected chi connectivity index (χ3v) is 9.49. The van der Waals surface area contributed by atoms with Gasteiger partial charge in [0.15, 0.2) is 0 Å². The van der Waals surface area contributed by atoms with Crippen LogP contribution in [-0.4, -0.2) is 72.1 Å². The van der Waals surface area contributed by atoms with Crippen molar-refractivity contribution < 1.29 is 23.5 Å². The molecule has 2 aliphatic rings. The number of nitrogens with one attached hydrogen (secondary N) is 1. The minimum absolute atomic E-state index is 0.0371. The molecule has 2 aromatic carbocycles. The quantitative estimate of drug-likeness (QED) is 0.384. The maximum Gasteiger partial charge on any atom is 0.240 e. The van der Waals surface area contributed by atoms with Gasteiger partial charge < -0.3 is 20.2 Å². The third-order valence-electron chi connectivity index (χ3n) is 8.97. The Morgan fingerprint density at radius 2 is 1.86 bits per heavy atom. The number of nitrogens with zero attached hydrogens (tertiary/aromatic N) is 3. The van der Waals surface area contributed by atoms with Gasteiger partial charge in [0.1, 0.15) is 17.0 Å². The molecule has 0 radical (unpaired) electrons. The predicted octanol–water partition coefficient (Wildman–Crippen LogP) is 5.67. The van der Waals surface area contributed by atoms with E-state index in [-0.39, 0.29) is 57.5 Å². The maximum atomic E-state index is 15.9. The number of aliphatic hydroxyl groups is 1. The zero-order valence-corrected chi connectivity index (χ0v) is 27.1. The number of nitriles is 1. The third kappa shape index (κ3) is 6.89. The van der Waals surface area contributed by atoms with E-state index >= 15 is 8.78 Å². The normalized spacial score (nSPS) is 24.3. The van der Waals surface area contributed by atoms with E-state index in [0.29, 0.717) is 38.8 Å². The first-order chi connectivity index (χ1) is 20.7. The number of rotatable bonds is 8. The van der Waals surface area contributed by atoms with Crippen LogP contribution in [-0.2, 0) is 15.0 Å². The molecule has 2 amide bonds. The molecule has 4 rings (SSSR count). The Morgan fingerprint density at radius 1 is 1.18 bits per heavy atom. The molecule has 2 aromatic rings. The molecule has 2 fully saturated rings. The summed E-state index contributed by atoms with van der Waals surface area (Å²) >= 11 is 12.3. The SMILES string of the molecule is CN(CCO)C(=O)CC1CCN(C(=O)C2NC(CC(C)(C)C)C(C#N)(c3ccc(Cl)cc3F)C2c2cccc(Cl)c2F)CC1. The lowest BCUT2D eigenvalue weighted by Crippen LogP contribution is -2.50. The fourth-order valence-electron chi connectivity index (χ4n) is 6.78. The Morgan fingerprint density at radius 3 is 2.45 bits per heavy atom. The van der Waals surface area contributed by atoms with Gasteiger partial charge in [0, 0.05) is 55.6 Å². The fourth-order valence-corrected chi connectivity index (χ4v) is 7.12. The van der Waals surface area contributed by atoms with Gasteiger partial charge in [-0.05, 0) is 54.4 Å². The van der Waals surface area contributed by atoms with E-state index in [4.69, 9.17) is 28.3 Å². The van der Waals surface area contributed by atoms with Crippen molar-refractivity contribution in [2.45, 2.75) is 69.9 Å². The van der Waals surface area contributed by atoms with E-state index in [1.165, 1.54) is 29.2 Å². The number of hydrogen-bond acceptors (Lipinski definition) is 5. The summed E-state index contributed by atoms with van der Waals surface area (Å²) < 4.78 is 31.7. The number of aliphatic hydroxyl groups excluding tert-OH is 1. The standard InChI is InChI=1S/C33H40Cl2F2N4O3/c1-32(2,3)18-26-33(19-38,23-9-8-21(34)17-25(23)36)28(22-6-5-7-24(35)29(22)37)30(39-26)31(44)41-12-10-20(11-13-41)16-27(43)40(4)14-15-42/h5-9,17,20,26,28,30,39,42H,10-16,18H2,1-4H3. The Labute approximate surface area is 268 Å². The van der Waals surface area contributed by atoms with Crippen LogP contribution in [0.3, 0.4) is 0 Å². The Hall–Kier alpha value is -2.77. The lowest BCUT2D eigenvalue weighted by molar-refractivity contribution is -0.135. The minimum atomic E-state index is -1.68. The topological polar surface area (TPSA) is 96.7 Å². The smallest absolute Gasteiger partial charge is 0.240 e. The van der Waals surface area contributed by atoms with Crippen LogP contribution in [0.25, 0.3) is 0 Å². The van der Waals surface area contributed by atoms with Gasteiger partial charge in [-0.3, -0.25) is 9.59 Å². The highest BCUT2D eigenvalue weighted by Crippen LogP contribution is 2.53. The molecule has 2 saturated heterocycles. The maximum absolute atomic E-state index is 15.9. The number of hydrogen-bond donors (Lipinski definition) is 2. The van der Waals surface area contributed by atoms with E-state index in [2.05, 4.69) is 11.4 Å². The van der Waals surface area contributed by atoms with Crippen molar-refractivity contribution in [1.82, 2.24) is 15.1 Å². The molecular formula is C33H40Cl2F2N4O3. The number of carbonyl (C=O) groups excluding carboxylic acids is 2. The molecule has 2 N–H and O–H groups in total. The van der Waals surface area contributed by atoms with Crippen molar-refractivity contribution in [3.05, 3.63) is 69.2 Å². The molecule has 238 valence electrons. The Balaban J connectivity index is 1.75. The molecule has 4 atom stereocenters. The molecule has 4 unspecified atom stereocenters. The van der Waals surface area contributed by atoms with Gasteiger partial charge >= 0.3 is 0 Å². The second-order valence-corrected chi connectivity index (χ2v) is 14.0. The number of carbonyl (C=O) groups is 2. The van der Waals surface area contributed by atoms with Crippen LogP contribution in [0.5, 0.6) is 0 Å². The van der Waals surface area contributed by atoms with Crippen LogP contribution in [0.4, 0.5) is 8.78 Å². The first-order valence-electron chi connectivity index (χ1n) is 14.9. The summed E-state index contributed by atoms with van der Waals surface area (Å²) in [5.41, 5.74) is -1.93. The average Bonchev–Trinajstić information content (AvgIpc) is 3.27. The highest BCUT2D eigenvalue weighted by molar-refractivity contribution is 6.31. The van der Waals surface area contributed by atoms with Crippen molar-refractivity contribution in [3.63, 3.8) is 0 Å². The van der Waals surface area contributed by atoms with Crippen molar-refractivity contribution in [3.8, 4) is 6.07 Å². The molecule has 7 nitrogen and oxygen atoms in total. The van der Waals surface area contributed by atoms with E-state index in [0.717, 1.165) is 6.07 Å². The average molecular weight is 650 g/mol. The van der Waals surface area contributed by atoms with Gasteiger partial charge in [0.05, 0.1) is 23.7 Å². The van der Waals surface area contributed by atoms with Crippen LogP contribution < -0.4 is 5.32 Å². The molecular weight excluding hydrogens is 609 g/mol. The van der Waals surface area contributed by atoms with Gasteiger partial charge in [-0.25, -0.2) is 8.78 Å². The number of likely N-dealkylation sites (tertiary alicyclic amines) is 1. The molecule has 44 heavy (non-hydrogen) atoms. The van der Waals surface area contributed by atoms with Crippen molar-refractivity contribution in [2.75, 3.05) is 33.3 Å². The van der Waals surface area contributed by atoms with E-state index in [1.807, 2.05) is 20.8 Å². The van der Waals surface area contributed by atoms with Crippen molar-refractivity contribution in [2.24, 2.45) is 11.3 Å². The largest absolute Gasteiger partial charge is 0.395 e. The predicted molar refractivity (Wildman–Crippen MR) is 166 cm³/mol. The number of piperidine rings is 1. The highest BCUT2D eigenvalue weighted by Gasteiger charge is 2.61. The molecule has 0 aliphatic carbocycles. The molecule has 0 saturated carbocycles. The molecule has 2 aliphatic heterocycles. The van der Waals surface area contributed by atoms with Crippen LogP contribution in [0.15, 0.2) is 36.4 Å². The first-order valence-corrected chi connectivity index (χ1v) is 15.7. The monoisotopic (exact) mass is 648 g/mol. The summed E-state index contributed by atoms with van der Waals surface area (Å²) in [6.07, 6.45) is 1.89. The summed E-state index contributed by atoms with van der Waals surface area (Å²) in [7, 11) is 1.65. The van der Waals surface area contributed by atoms with Gasteiger partial charge in [-0.15, -0.1) is 0 Å². The van der Waals surface area contributed by atoms with Crippen LogP contribution in [0.2, 0.25) is 10.0 Å². The lowest BCUT2D eigenvalue weighted by Gasteiger charge is -2.38. The van der Waals surface area contributed by atoms with Crippen molar-refractivity contribution >= 4 is 35.0 Å². The van der Waals surface area contributed by atoms with Crippen LogP contribution >= 0.6 is 23.2 Å². The number of amides is 2. The Kier molecular flexibility index (Phi) is 10.6. The number of halogens is 4. The Bertz CT molecular complexity index is 1420. The van der Waals surface area contributed by atoms with E-state index in [9.17, 15) is 14.9 Å². The molecule has 0 bridgehead atoms. The number of benzene rings is 2. The molecule has 11 heteroatoms. The van der Waals surface area contributed by atoms with Gasteiger partial charge in [0.2, 0.25) is 11.8 Å². The molecule has 0 aromatic heterocycles. The zero-order valence-electron chi connectivity index (χ0n) is 25.5. The summed E-state index contributed by atoms with van der Waals surface area (Å²) in [6, 6.07) is 9.15. The van der Waals surface area contributed by atoms with Crippen LogP contribution in [0, 0.1) is 34.3 Å². The van der Waals surface area contributed by atoms with Crippen LogP contribution in [0.1, 0.15) is 63.5 Å². The fraction of sp³-hybridized carbons (Fsp3) is 0.545. The van der Waals surface area contributed by atoms with Gasteiger partial charge in [0.25, 0.3) is 0 Å². The minimum Gasteiger partial charge on any atom is -0.395 e.